The van der Waals surface area contributed by atoms with Crippen molar-refractivity contribution >= 4 is 18.2 Å². The van der Waals surface area contributed by atoms with Gasteiger partial charge in [0.25, 0.3) is 0 Å². The van der Waals surface area contributed by atoms with Gasteiger partial charge >= 0.3 is 0 Å². The molecule has 11 heavy (non-hydrogen) atoms. The fourth-order valence-corrected chi connectivity index (χ4v) is 1.53. The lowest BCUT2D eigenvalue weighted by molar-refractivity contribution is 0.462. The minimum atomic E-state index is 0.297. The molecule has 0 bridgehead atoms. The van der Waals surface area contributed by atoms with E-state index in [0.717, 1.165) is 10.5 Å². The Morgan fingerprint density at radius 3 is 3.18 bits per heavy atom. The summed E-state index contributed by atoms with van der Waals surface area (Å²) in [6.45, 7) is 0. The maximum atomic E-state index is 9.33. The van der Waals surface area contributed by atoms with Crippen molar-refractivity contribution in [1.82, 2.24) is 4.83 Å². The van der Waals surface area contributed by atoms with Crippen LogP contribution < -0.4 is 4.83 Å². The van der Waals surface area contributed by atoms with E-state index in [0.29, 0.717) is 5.75 Å². The molecule has 1 aromatic carbocycles. The van der Waals surface area contributed by atoms with Gasteiger partial charge in [0, 0.05) is 17.5 Å². The minimum absolute atomic E-state index is 0.297. The zero-order valence-corrected chi connectivity index (χ0v) is 6.43. The van der Waals surface area contributed by atoms with Gasteiger partial charge in [-0.05, 0) is 6.07 Å². The van der Waals surface area contributed by atoms with E-state index in [1.165, 1.54) is 11.9 Å². The van der Waals surface area contributed by atoms with Gasteiger partial charge in [0.05, 0.1) is 11.1 Å². The van der Waals surface area contributed by atoms with Crippen LogP contribution in [0, 0.1) is 0 Å². The number of hydrazone groups is 1. The number of nitrogens with zero attached hydrogens (tertiary/aromatic N) is 1. The van der Waals surface area contributed by atoms with Crippen molar-refractivity contribution in [2.75, 3.05) is 0 Å². The zero-order chi connectivity index (χ0) is 7.68. The lowest BCUT2D eigenvalue weighted by Crippen LogP contribution is -2.02. The van der Waals surface area contributed by atoms with Crippen LogP contribution in [0.3, 0.4) is 0 Å². The lowest BCUT2D eigenvalue weighted by Gasteiger charge is -2.10. The molecule has 0 radical (unpaired) electrons. The molecule has 0 spiro atoms. The van der Waals surface area contributed by atoms with Crippen LogP contribution in [-0.2, 0) is 0 Å². The van der Waals surface area contributed by atoms with Crippen LogP contribution in [0.1, 0.15) is 5.56 Å². The van der Waals surface area contributed by atoms with Crippen molar-refractivity contribution in [2.24, 2.45) is 5.10 Å². The summed E-state index contributed by atoms with van der Waals surface area (Å²) in [5.41, 5.74) is 0.953. The van der Waals surface area contributed by atoms with Gasteiger partial charge in [-0.25, -0.2) is 4.83 Å². The summed E-state index contributed by atoms with van der Waals surface area (Å²) in [6.07, 6.45) is 1.69. The third-order valence-corrected chi connectivity index (χ3v) is 2.27. The number of nitrogens with one attached hydrogen (secondary N) is 1. The molecule has 2 N–H and O–H groups in total. The Morgan fingerprint density at radius 1 is 1.45 bits per heavy atom. The van der Waals surface area contributed by atoms with E-state index in [9.17, 15) is 5.11 Å². The molecule has 0 unspecified atom stereocenters. The van der Waals surface area contributed by atoms with Crippen molar-refractivity contribution < 1.29 is 5.11 Å². The summed E-state index contributed by atoms with van der Waals surface area (Å²) in [5.74, 6) is 0.297. The van der Waals surface area contributed by atoms with Gasteiger partial charge in [0.1, 0.15) is 5.75 Å². The second-order valence-corrected chi connectivity index (χ2v) is 2.94. The highest BCUT2D eigenvalue weighted by Gasteiger charge is 2.08. The highest BCUT2D eigenvalue weighted by atomic mass is 32.2. The van der Waals surface area contributed by atoms with E-state index in [1.807, 2.05) is 6.07 Å². The maximum Gasteiger partial charge on any atom is 0.131 e. The first-order valence-electron chi connectivity index (χ1n) is 3.15. The molecule has 0 fully saturated rings. The third kappa shape index (κ3) is 1.05. The second kappa shape index (κ2) is 2.47. The van der Waals surface area contributed by atoms with Gasteiger partial charge in [-0.15, -0.1) is 0 Å². The summed E-state index contributed by atoms with van der Waals surface area (Å²) in [5, 5.41) is 13.2. The number of hydrogen-bond donors (Lipinski definition) is 2. The first-order valence-corrected chi connectivity index (χ1v) is 3.96. The number of benzene rings is 1. The van der Waals surface area contributed by atoms with Gasteiger partial charge in [0.15, 0.2) is 0 Å². The summed E-state index contributed by atoms with van der Waals surface area (Å²) >= 11 is 1.32. The molecular formula is C7H6N2OS. The first kappa shape index (κ1) is 6.54. The van der Waals surface area contributed by atoms with Gasteiger partial charge in [-0.1, -0.05) is 12.1 Å². The predicted octanol–water partition coefficient (Wildman–Crippen LogP) is 1.34. The average molecular weight is 166 g/mol. The Balaban J connectivity index is 2.60. The Labute approximate surface area is 68.3 Å². The Kier molecular flexibility index (Phi) is 1.47. The maximum absolute atomic E-state index is 9.33. The number of aromatic hydroxyl groups is 1. The van der Waals surface area contributed by atoms with Crippen LogP contribution in [0.4, 0.5) is 0 Å². The number of hydrogen-bond acceptors (Lipinski definition) is 4. The standard InChI is InChI=1S/C7H6N2OS/c10-6-3-1-2-5-4-8-9-11-7(5)6/h1-4,9-10H. The molecule has 56 valence electrons. The van der Waals surface area contributed by atoms with Crippen LogP contribution in [0.15, 0.2) is 28.2 Å². The summed E-state index contributed by atoms with van der Waals surface area (Å²) in [7, 11) is 0. The summed E-state index contributed by atoms with van der Waals surface area (Å²) < 4.78 is 0. The third-order valence-electron chi connectivity index (χ3n) is 1.43. The minimum Gasteiger partial charge on any atom is -0.507 e. The van der Waals surface area contributed by atoms with Crippen molar-refractivity contribution in [3.63, 3.8) is 0 Å². The molecule has 3 nitrogen and oxygen atoms in total. The molecule has 0 amide bonds. The second-order valence-electron chi connectivity index (χ2n) is 2.15. The number of fused-ring (bicyclic) bond motifs is 1. The largest absolute Gasteiger partial charge is 0.507 e. The van der Waals surface area contributed by atoms with E-state index in [-0.39, 0.29) is 0 Å². The highest BCUT2D eigenvalue weighted by molar-refractivity contribution is 7.97. The van der Waals surface area contributed by atoms with Crippen molar-refractivity contribution in [3.05, 3.63) is 23.8 Å². The Bertz CT molecular complexity index is 311. The molecule has 0 saturated carbocycles. The molecule has 1 aromatic rings. The van der Waals surface area contributed by atoms with Crippen molar-refractivity contribution in [2.45, 2.75) is 4.90 Å². The van der Waals surface area contributed by atoms with Crippen LogP contribution in [0.5, 0.6) is 5.75 Å². The molecule has 2 rings (SSSR count). The van der Waals surface area contributed by atoms with Gasteiger partial charge in [-0.3, -0.25) is 0 Å². The predicted molar refractivity (Wildman–Crippen MR) is 44.7 cm³/mol. The van der Waals surface area contributed by atoms with Crippen LogP contribution in [0.25, 0.3) is 0 Å². The van der Waals surface area contributed by atoms with E-state index in [4.69, 9.17) is 0 Å². The highest BCUT2D eigenvalue weighted by Crippen LogP contribution is 2.30. The Hall–Kier alpha value is -1.16. The van der Waals surface area contributed by atoms with Crippen molar-refractivity contribution in [3.8, 4) is 5.75 Å². The molecular weight excluding hydrogens is 160 g/mol. The van der Waals surface area contributed by atoms with E-state index in [2.05, 4.69) is 9.93 Å². The van der Waals surface area contributed by atoms with Crippen LogP contribution in [0.2, 0.25) is 0 Å². The van der Waals surface area contributed by atoms with Gasteiger partial charge in [-0.2, -0.15) is 5.10 Å². The first-order chi connectivity index (χ1) is 5.38. The van der Waals surface area contributed by atoms with E-state index < -0.39 is 0 Å². The summed E-state index contributed by atoms with van der Waals surface area (Å²) in [6, 6.07) is 5.37. The number of phenolic OH excluding ortho intramolecular Hbond substituents is 1. The van der Waals surface area contributed by atoms with Gasteiger partial charge < -0.3 is 5.11 Å². The number of rotatable bonds is 0. The number of phenols is 1. The van der Waals surface area contributed by atoms with Crippen LogP contribution in [-0.4, -0.2) is 11.3 Å². The van der Waals surface area contributed by atoms with Crippen molar-refractivity contribution in [1.29, 1.82) is 0 Å². The molecule has 0 aliphatic carbocycles. The molecule has 4 heteroatoms. The van der Waals surface area contributed by atoms with Gasteiger partial charge in [0.2, 0.25) is 0 Å². The quantitative estimate of drug-likeness (QED) is 0.571. The normalized spacial score (nSPS) is 13.8. The summed E-state index contributed by atoms with van der Waals surface area (Å²) in [4.78, 5) is 3.54. The molecule has 1 aliphatic heterocycles. The molecule has 1 aliphatic rings. The molecule has 0 saturated heterocycles. The zero-order valence-electron chi connectivity index (χ0n) is 5.61. The molecule has 0 aromatic heterocycles. The van der Waals surface area contributed by atoms with E-state index in [1.54, 1.807) is 18.3 Å². The monoisotopic (exact) mass is 166 g/mol. The average Bonchev–Trinajstić information content (AvgIpc) is 2.06. The molecule has 1 heterocycles. The van der Waals surface area contributed by atoms with E-state index >= 15 is 0 Å². The smallest absolute Gasteiger partial charge is 0.131 e. The van der Waals surface area contributed by atoms with Crippen LogP contribution >= 0.6 is 11.9 Å². The Morgan fingerprint density at radius 2 is 2.36 bits per heavy atom. The molecule has 0 atom stereocenters. The fraction of sp³-hybridized carbons (Fsp3) is 0. The topological polar surface area (TPSA) is 44.6 Å². The fourth-order valence-electron chi connectivity index (χ4n) is 0.923. The lowest BCUT2D eigenvalue weighted by atomic mass is 10.2. The SMILES string of the molecule is Oc1cccc2c1SNN=C2.